The quantitative estimate of drug-likeness (QED) is 0.710. The Labute approximate surface area is 115 Å². The fourth-order valence-electron chi connectivity index (χ4n) is 1.68. The van der Waals surface area contributed by atoms with E-state index in [2.05, 4.69) is 15.9 Å². The zero-order chi connectivity index (χ0) is 13.4. The molecule has 4 nitrogen and oxygen atoms in total. The summed E-state index contributed by atoms with van der Waals surface area (Å²) in [7, 11) is 0. The number of halogens is 1. The lowest BCUT2D eigenvalue weighted by molar-refractivity contribution is 0.0947. The van der Waals surface area contributed by atoms with E-state index in [-0.39, 0.29) is 19.0 Å². The van der Waals surface area contributed by atoms with Crippen LogP contribution >= 0.6 is 15.9 Å². The lowest BCUT2D eigenvalue weighted by Gasteiger charge is -2.19. The van der Waals surface area contributed by atoms with Gasteiger partial charge in [-0.3, -0.25) is 9.69 Å². The van der Waals surface area contributed by atoms with Crippen molar-refractivity contribution < 1.29 is 15.0 Å². The molecule has 0 aliphatic heterocycles. The first-order chi connectivity index (χ1) is 8.67. The number of Topliss-reactive ketones (excluding diaryl/α,β-unsaturated/α-hetero) is 1. The van der Waals surface area contributed by atoms with E-state index in [1.807, 2.05) is 17.0 Å². The minimum Gasteiger partial charge on any atom is -0.395 e. The molecule has 0 unspecified atom stereocenters. The van der Waals surface area contributed by atoms with Crippen LogP contribution in [0.2, 0.25) is 0 Å². The van der Waals surface area contributed by atoms with E-state index >= 15 is 0 Å². The Morgan fingerprint density at radius 2 is 1.83 bits per heavy atom. The van der Waals surface area contributed by atoms with Crippen molar-refractivity contribution in [3.05, 3.63) is 34.3 Å². The van der Waals surface area contributed by atoms with Crippen molar-refractivity contribution in [2.45, 2.75) is 6.42 Å². The minimum atomic E-state index is 0.0328. The zero-order valence-corrected chi connectivity index (χ0v) is 11.8. The summed E-state index contributed by atoms with van der Waals surface area (Å²) in [5.74, 6) is 0.0668. The van der Waals surface area contributed by atoms with Crippen LogP contribution in [-0.4, -0.2) is 53.7 Å². The van der Waals surface area contributed by atoms with E-state index in [1.165, 1.54) is 0 Å². The average molecular weight is 316 g/mol. The minimum absolute atomic E-state index is 0.0328. The summed E-state index contributed by atoms with van der Waals surface area (Å²) < 4.78 is 0.885. The number of hydrogen-bond acceptors (Lipinski definition) is 4. The molecule has 1 aromatic carbocycles. The standard InChI is InChI=1S/C13H18BrNO3/c14-12-3-1-2-11(10-12)13(18)4-5-15(6-8-16)7-9-17/h1-3,10,16-17H,4-9H2. The van der Waals surface area contributed by atoms with Crippen LogP contribution in [0.15, 0.2) is 28.7 Å². The highest BCUT2D eigenvalue weighted by molar-refractivity contribution is 9.10. The molecular weight excluding hydrogens is 298 g/mol. The third-order valence-electron chi connectivity index (χ3n) is 2.63. The Bertz CT molecular complexity index is 378. The second-order valence-corrected chi connectivity index (χ2v) is 4.89. The maximum atomic E-state index is 11.9. The third-order valence-corrected chi connectivity index (χ3v) is 3.13. The Morgan fingerprint density at radius 1 is 1.17 bits per heavy atom. The molecule has 0 radical (unpaired) electrons. The lowest BCUT2D eigenvalue weighted by Crippen LogP contribution is -2.31. The lowest BCUT2D eigenvalue weighted by atomic mass is 10.1. The highest BCUT2D eigenvalue weighted by atomic mass is 79.9. The number of carbonyl (C=O) groups excluding carboxylic acids is 1. The van der Waals surface area contributed by atoms with Crippen molar-refractivity contribution in [1.29, 1.82) is 0 Å². The summed E-state index contributed by atoms with van der Waals surface area (Å²) in [6.07, 6.45) is 0.385. The van der Waals surface area contributed by atoms with Crippen LogP contribution in [0.1, 0.15) is 16.8 Å². The number of nitrogens with zero attached hydrogens (tertiary/aromatic N) is 1. The molecule has 18 heavy (non-hydrogen) atoms. The van der Waals surface area contributed by atoms with E-state index in [0.29, 0.717) is 31.6 Å². The van der Waals surface area contributed by atoms with E-state index in [1.54, 1.807) is 12.1 Å². The molecule has 0 spiro atoms. The molecule has 0 bridgehead atoms. The third kappa shape index (κ3) is 5.27. The van der Waals surface area contributed by atoms with Crippen molar-refractivity contribution >= 4 is 21.7 Å². The van der Waals surface area contributed by atoms with Crippen LogP contribution in [0, 0.1) is 0 Å². The van der Waals surface area contributed by atoms with Crippen LogP contribution < -0.4 is 0 Å². The summed E-state index contributed by atoms with van der Waals surface area (Å²) in [6, 6.07) is 7.29. The molecule has 0 fully saturated rings. The molecule has 5 heteroatoms. The van der Waals surface area contributed by atoms with Crippen molar-refractivity contribution in [3.8, 4) is 0 Å². The van der Waals surface area contributed by atoms with Gasteiger partial charge in [-0.05, 0) is 12.1 Å². The fourth-order valence-corrected chi connectivity index (χ4v) is 2.08. The van der Waals surface area contributed by atoms with Gasteiger partial charge in [0.15, 0.2) is 5.78 Å². The maximum Gasteiger partial charge on any atom is 0.164 e. The topological polar surface area (TPSA) is 60.8 Å². The number of benzene rings is 1. The van der Waals surface area contributed by atoms with Gasteiger partial charge in [0.1, 0.15) is 0 Å². The summed E-state index contributed by atoms with van der Waals surface area (Å²) >= 11 is 3.33. The van der Waals surface area contributed by atoms with Crippen LogP contribution in [0.4, 0.5) is 0 Å². The Morgan fingerprint density at radius 3 is 2.39 bits per heavy atom. The second kappa shape index (κ2) is 8.37. The molecule has 0 heterocycles. The normalized spacial score (nSPS) is 10.9. The van der Waals surface area contributed by atoms with E-state index in [0.717, 1.165) is 4.47 Å². The van der Waals surface area contributed by atoms with Crippen LogP contribution in [0.25, 0.3) is 0 Å². The van der Waals surface area contributed by atoms with Gasteiger partial charge < -0.3 is 10.2 Å². The number of ketones is 1. The fraction of sp³-hybridized carbons (Fsp3) is 0.462. The van der Waals surface area contributed by atoms with Gasteiger partial charge in [-0.25, -0.2) is 0 Å². The monoisotopic (exact) mass is 315 g/mol. The van der Waals surface area contributed by atoms with Crippen molar-refractivity contribution in [2.75, 3.05) is 32.8 Å². The van der Waals surface area contributed by atoms with E-state index < -0.39 is 0 Å². The molecule has 0 aliphatic carbocycles. The smallest absolute Gasteiger partial charge is 0.164 e. The van der Waals surface area contributed by atoms with Gasteiger partial charge in [-0.1, -0.05) is 28.1 Å². The van der Waals surface area contributed by atoms with Gasteiger partial charge in [0.2, 0.25) is 0 Å². The van der Waals surface area contributed by atoms with Crippen molar-refractivity contribution in [1.82, 2.24) is 4.90 Å². The average Bonchev–Trinajstić information content (AvgIpc) is 2.36. The van der Waals surface area contributed by atoms with Gasteiger partial charge in [0.25, 0.3) is 0 Å². The number of carbonyl (C=O) groups is 1. The number of aliphatic hydroxyl groups is 2. The largest absolute Gasteiger partial charge is 0.395 e. The molecule has 2 N–H and O–H groups in total. The number of hydrogen-bond donors (Lipinski definition) is 2. The molecule has 1 aromatic rings. The number of rotatable bonds is 8. The predicted octanol–water partition coefficient (Wildman–Crippen LogP) is 1.31. The van der Waals surface area contributed by atoms with E-state index in [4.69, 9.17) is 10.2 Å². The maximum absolute atomic E-state index is 11.9. The van der Waals surface area contributed by atoms with Gasteiger partial charge in [0.05, 0.1) is 13.2 Å². The summed E-state index contributed by atoms with van der Waals surface area (Å²) in [6.45, 7) is 1.57. The molecule has 0 saturated heterocycles. The molecule has 0 amide bonds. The van der Waals surface area contributed by atoms with E-state index in [9.17, 15) is 4.79 Å². The Kier molecular flexibility index (Phi) is 7.12. The predicted molar refractivity (Wildman–Crippen MR) is 73.7 cm³/mol. The molecular formula is C13H18BrNO3. The first-order valence-corrected chi connectivity index (χ1v) is 6.69. The van der Waals surface area contributed by atoms with Crippen LogP contribution in [0.5, 0.6) is 0 Å². The molecule has 0 atom stereocenters. The molecule has 100 valence electrons. The van der Waals surface area contributed by atoms with Gasteiger partial charge >= 0.3 is 0 Å². The SMILES string of the molecule is O=C(CCN(CCO)CCO)c1cccc(Br)c1. The summed E-state index contributed by atoms with van der Waals surface area (Å²) in [5, 5.41) is 17.7. The molecule has 1 rings (SSSR count). The zero-order valence-electron chi connectivity index (χ0n) is 10.2. The first-order valence-electron chi connectivity index (χ1n) is 5.90. The molecule has 0 saturated carbocycles. The molecule has 0 aromatic heterocycles. The highest BCUT2D eigenvalue weighted by Crippen LogP contribution is 2.13. The van der Waals surface area contributed by atoms with Crippen LogP contribution in [-0.2, 0) is 0 Å². The Balaban J connectivity index is 2.49. The van der Waals surface area contributed by atoms with Crippen molar-refractivity contribution in [2.24, 2.45) is 0 Å². The molecule has 0 aliphatic rings. The van der Waals surface area contributed by atoms with Crippen LogP contribution in [0.3, 0.4) is 0 Å². The highest BCUT2D eigenvalue weighted by Gasteiger charge is 2.09. The summed E-state index contributed by atoms with van der Waals surface area (Å²) in [4.78, 5) is 13.8. The van der Waals surface area contributed by atoms with Crippen molar-refractivity contribution in [3.63, 3.8) is 0 Å². The Hall–Kier alpha value is -0.750. The number of aliphatic hydroxyl groups excluding tert-OH is 2. The van der Waals surface area contributed by atoms with Gasteiger partial charge in [-0.15, -0.1) is 0 Å². The summed E-state index contributed by atoms with van der Waals surface area (Å²) in [5.41, 5.74) is 0.678. The van der Waals surface area contributed by atoms with Gasteiger partial charge in [0, 0.05) is 36.1 Å². The first kappa shape index (κ1) is 15.3. The van der Waals surface area contributed by atoms with Gasteiger partial charge in [-0.2, -0.15) is 0 Å². The second-order valence-electron chi connectivity index (χ2n) is 3.97.